The molecule has 182 valence electrons. The Kier molecular flexibility index (Phi) is 6.18. The second-order valence-electron chi connectivity index (χ2n) is 9.72. The van der Waals surface area contributed by atoms with Crippen molar-refractivity contribution in [2.45, 2.75) is 19.3 Å². The first-order valence-corrected chi connectivity index (χ1v) is 13.8. The Bertz CT molecular complexity index is 1560. The molecule has 37 heavy (non-hydrogen) atoms. The van der Waals surface area contributed by atoms with Crippen molar-refractivity contribution in [1.82, 2.24) is 0 Å². The van der Waals surface area contributed by atoms with E-state index in [1.54, 1.807) is 0 Å². The lowest BCUT2D eigenvalue weighted by molar-refractivity contribution is 0.479. The standard InChI is InChI=1S/C33H25Br2NO/c1-33(2)28-19-17-25(37-31-15-9-14-30(34)32(31)35)21-27(28)26-18-16-24(20-29(26)33)36(22-10-5-3-6-11-22)23-12-7-4-8-13-23/h3-21H,1-2H3. The molecule has 4 heteroatoms. The number of para-hydroxylation sites is 2. The highest BCUT2D eigenvalue weighted by atomic mass is 79.9. The molecule has 0 aromatic heterocycles. The zero-order valence-electron chi connectivity index (χ0n) is 20.6. The first-order chi connectivity index (χ1) is 17.9. The smallest absolute Gasteiger partial charge is 0.142 e. The van der Waals surface area contributed by atoms with Gasteiger partial charge in [0.1, 0.15) is 11.5 Å². The minimum absolute atomic E-state index is 0.130. The molecule has 6 rings (SSSR count). The van der Waals surface area contributed by atoms with Gasteiger partial charge in [-0.05, 0) is 115 Å². The molecule has 0 radical (unpaired) electrons. The van der Waals surface area contributed by atoms with E-state index < -0.39 is 0 Å². The van der Waals surface area contributed by atoms with Crippen LogP contribution in [0.5, 0.6) is 11.5 Å². The highest BCUT2D eigenvalue weighted by Gasteiger charge is 2.36. The molecular formula is C33H25Br2NO. The third-order valence-electron chi connectivity index (χ3n) is 7.06. The van der Waals surface area contributed by atoms with E-state index in [4.69, 9.17) is 4.74 Å². The average Bonchev–Trinajstić information content (AvgIpc) is 3.14. The Labute approximate surface area is 234 Å². The quantitative estimate of drug-likeness (QED) is 0.196. The van der Waals surface area contributed by atoms with Gasteiger partial charge >= 0.3 is 0 Å². The summed E-state index contributed by atoms with van der Waals surface area (Å²) in [4.78, 5) is 2.32. The van der Waals surface area contributed by atoms with Crippen LogP contribution in [0.25, 0.3) is 11.1 Å². The summed E-state index contributed by atoms with van der Waals surface area (Å²) in [5.74, 6) is 1.60. The molecule has 0 aliphatic heterocycles. The van der Waals surface area contributed by atoms with Gasteiger partial charge < -0.3 is 9.64 Å². The second kappa shape index (κ2) is 9.51. The van der Waals surface area contributed by atoms with E-state index >= 15 is 0 Å². The summed E-state index contributed by atoms with van der Waals surface area (Å²) in [5.41, 5.74) is 8.39. The summed E-state index contributed by atoms with van der Waals surface area (Å²) in [7, 11) is 0. The van der Waals surface area contributed by atoms with Crippen LogP contribution in [0.1, 0.15) is 25.0 Å². The van der Waals surface area contributed by atoms with Gasteiger partial charge in [0.05, 0.1) is 4.47 Å². The lowest BCUT2D eigenvalue weighted by Gasteiger charge is -2.28. The lowest BCUT2D eigenvalue weighted by atomic mass is 9.82. The van der Waals surface area contributed by atoms with E-state index in [1.807, 2.05) is 18.2 Å². The molecule has 1 aliphatic rings. The Balaban J connectivity index is 1.43. The van der Waals surface area contributed by atoms with Crippen LogP contribution in [-0.2, 0) is 5.41 Å². The van der Waals surface area contributed by atoms with Gasteiger partial charge in [-0.2, -0.15) is 0 Å². The van der Waals surface area contributed by atoms with E-state index in [-0.39, 0.29) is 5.41 Å². The molecule has 5 aromatic rings. The molecule has 0 bridgehead atoms. The summed E-state index contributed by atoms with van der Waals surface area (Å²) in [6.07, 6.45) is 0. The van der Waals surface area contributed by atoms with Crippen LogP contribution in [0.15, 0.2) is 124 Å². The first-order valence-electron chi connectivity index (χ1n) is 12.2. The minimum Gasteiger partial charge on any atom is -0.456 e. The Morgan fingerprint density at radius 2 is 1.27 bits per heavy atom. The molecular weight excluding hydrogens is 586 g/mol. The van der Waals surface area contributed by atoms with Gasteiger partial charge in [0, 0.05) is 26.9 Å². The molecule has 0 saturated carbocycles. The van der Waals surface area contributed by atoms with Crippen LogP contribution in [0, 0.1) is 0 Å². The van der Waals surface area contributed by atoms with Gasteiger partial charge in [-0.3, -0.25) is 0 Å². The predicted octanol–water partition coefficient (Wildman–Crippen LogP) is 10.8. The molecule has 0 unspecified atom stereocenters. The van der Waals surface area contributed by atoms with Crippen molar-refractivity contribution in [3.05, 3.63) is 135 Å². The third kappa shape index (κ3) is 4.28. The molecule has 0 heterocycles. The SMILES string of the molecule is CC1(C)c2ccc(Oc3cccc(Br)c3Br)cc2-c2ccc(N(c3ccccc3)c3ccccc3)cc21. The number of benzene rings is 5. The summed E-state index contributed by atoms with van der Waals surface area (Å²) in [6, 6.07) is 40.3. The largest absolute Gasteiger partial charge is 0.456 e. The number of hydrogen-bond acceptors (Lipinski definition) is 2. The van der Waals surface area contributed by atoms with Crippen molar-refractivity contribution < 1.29 is 4.74 Å². The van der Waals surface area contributed by atoms with Crippen molar-refractivity contribution >= 4 is 48.9 Å². The maximum Gasteiger partial charge on any atom is 0.142 e. The molecule has 0 saturated heterocycles. The fourth-order valence-corrected chi connectivity index (χ4v) is 5.91. The summed E-state index contributed by atoms with van der Waals surface area (Å²) in [6.45, 7) is 4.62. The molecule has 0 fully saturated rings. The van der Waals surface area contributed by atoms with Crippen molar-refractivity contribution in [3.63, 3.8) is 0 Å². The number of nitrogens with zero attached hydrogens (tertiary/aromatic N) is 1. The van der Waals surface area contributed by atoms with E-state index in [0.717, 1.165) is 37.5 Å². The van der Waals surface area contributed by atoms with E-state index in [9.17, 15) is 0 Å². The van der Waals surface area contributed by atoms with Crippen LogP contribution < -0.4 is 9.64 Å². The van der Waals surface area contributed by atoms with Gasteiger partial charge in [-0.15, -0.1) is 0 Å². The lowest BCUT2D eigenvalue weighted by Crippen LogP contribution is -2.16. The number of rotatable bonds is 5. The number of fused-ring (bicyclic) bond motifs is 3. The van der Waals surface area contributed by atoms with Crippen LogP contribution in [0.4, 0.5) is 17.1 Å². The highest BCUT2D eigenvalue weighted by molar-refractivity contribution is 9.13. The average molecular weight is 611 g/mol. The Morgan fingerprint density at radius 3 is 1.95 bits per heavy atom. The van der Waals surface area contributed by atoms with Crippen LogP contribution in [-0.4, -0.2) is 0 Å². The van der Waals surface area contributed by atoms with Gasteiger partial charge in [-0.1, -0.05) is 68.4 Å². The number of hydrogen-bond donors (Lipinski definition) is 0. The van der Waals surface area contributed by atoms with Crippen molar-refractivity contribution in [2.75, 3.05) is 4.90 Å². The molecule has 0 atom stereocenters. The third-order valence-corrected chi connectivity index (χ3v) is 9.07. The zero-order chi connectivity index (χ0) is 25.6. The van der Waals surface area contributed by atoms with E-state index in [2.05, 4.69) is 148 Å². The van der Waals surface area contributed by atoms with Crippen LogP contribution in [0.3, 0.4) is 0 Å². The molecule has 0 spiro atoms. The molecule has 5 aromatic carbocycles. The monoisotopic (exact) mass is 609 g/mol. The normalized spacial score (nSPS) is 13.1. The first kappa shape index (κ1) is 24.0. The number of ether oxygens (including phenoxy) is 1. The van der Waals surface area contributed by atoms with Crippen molar-refractivity contribution in [1.29, 1.82) is 0 Å². The van der Waals surface area contributed by atoms with Crippen molar-refractivity contribution in [3.8, 4) is 22.6 Å². The Hall–Kier alpha value is -3.34. The summed E-state index contributed by atoms with van der Waals surface area (Å²) >= 11 is 7.19. The second-order valence-corrected chi connectivity index (χ2v) is 11.4. The Morgan fingerprint density at radius 1 is 0.595 bits per heavy atom. The van der Waals surface area contributed by atoms with E-state index in [0.29, 0.717) is 0 Å². The predicted molar refractivity (Wildman–Crippen MR) is 161 cm³/mol. The van der Waals surface area contributed by atoms with Crippen LogP contribution >= 0.6 is 31.9 Å². The summed E-state index contributed by atoms with van der Waals surface area (Å²) in [5, 5.41) is 0. The topological polar surface area (TPSA) is 12.5 Å². The minimum atomic E-state index is -0.130. The van der Waals surface area contributed by atoms with Crippen molar-refractivity contribution in [2.24, 2.45) is 0 Å². The maximum atomic E-state index is 6.29. The van der Waals surface area contributed by atoms with Gasteiger partial charge in [-0.25, -0.2) is 0 Å². The zero-order valence-corrected chi connectivity index (χ0v) is 23.8. The summed E-state index contributed by atoms with van der Waals surface area (Å²) < 4.78 is 8.16. The fraction of sp³-hybridized carbons (Fsp3) is 0.0909. The van der Waals surface area contributed by atoms with E-state index in [1.165, 1.54) is 22.3 Å². The maximum absolute atomic E-state index is 6.29. The molecule has 0 N–H and O–H groups in total. The fourth-order valence-electron chi connectivity index (χ4n) is 5.21. The van der Waals surface area contributed by atoms with Crippen LogP contribution in [0.2, 0.25) is 0 Å². The molecule has 0 amide bonds. The highest BCUT2D eigenvalue weighted by Crippen LogP contribution is 2.52. The number of halogens is 2. The van der Waals surface area contributed by atoms with Gasteiger partial charge in [0.25, 0.3) is 0 Å². The van der Waals surface area contributed by atoms with Gasteiger partial charge in [0.2, 0.25) is 0 Å². The molecule has 2 nitrogen and oxygen atoms in total. The van der Waals surface area contributed by atoms with Gasteiger partial charge in [0.15, 0.2) is 0 Å². The molecule has 1 aliphatic carbocycles. The number of anilines is 3.